The third-order valence-electron chi connectivity index (χ3n) is 14.6. The first-order valence-corrected chi connectivity index (χ1v) is 34.7. The van der Waals surface area contributed by atoms with Crippen LogP contribution in [0.1, 0.15) is 316 Å². The number of hydrogen-bond acceptors (Lipinski definition) is 6. The summed E-state index contributed by atoms with van der Waals surface area (Å²) in [6.45, 7) is 6.36. The van der Waals surface area contributed by atoms with Gasteiger partial charge in [-0.2, -0.15) is 0 Å². The van der Waals surface area contributed by atoms with Crippen molar-refractivity contribution in [2.45, 2.75) is 322 Å². The molecule has 0 saturated heterocycles. The molecule has 0 spiro atoms. The molecule has 0 heterocycles. The van der Waals surface area contributed by atoms with E-state index in [2.05, 4.69) is 154 Å². The van der Waals surface area contributed by atoms with E-state index in [1.54, 1.807) is 0 Å². The third-order valence-corrected chi connectivity index (χ3v) is 14.6. The Kier molecular flexibility index (Phi) is 66.3. The molecule has 0 amide bonds. The zero-order valence-corrected chi connectivity index (χ0v) is 54.2. The molecular formula is C77H128O6. The summed E-state index contributed by atoms with van der Waals surface area (Å²) in [5.41, 5.74) is 0. The molecule has 83 heavy (non-hydrogen) atoms. The lowest BCUT2D eigenvalue weighted by Gasteiger charge is -2.18. The number of ether oxygens (including phenoxy) is 3. The van der Waals surface area contributed by atoms with Crippen LogP contribution in [0.25, 0.3) is 0 Å². The second-order valence-electron chi connectivity index (χ2n) is 22.7. The molecule has 1 atom stereocenters. The van der Waals surface area contributed by atoms with Crippen molar-refractivity contribution in [2.24, 2.45) is 0 Å². The Bertz CT molecular complexity index is 1750. The largest absolute Gasteiger partial charge is 0.462 e. The standard InChI is InChI=1S/C77H128O6/c1-4-7-10-13-16-19-22-25-28-31-32-33-34-35-36-37-38-39-40-41-42-43-44-47-49-52-55-58-61-64-67-70-76(79)82-73-74(83-77(80)71-68-65-62-59-56-53-50-46-30-27-24-21-18-15-12-9-6-3)72-81-75(78)69-66-63-60-57-54-51-48-45-29-26-23-20-17-14-11-8-5-2/h8-9,11-12,17-18,20-22,25-27,29-32,48,50-51,53,59,62,74H,4-7,10,13-16,19,23-24,28,33-47,49,52,54-58,60-61,63-73H2,1-3H3/b11-8-,12-9-,20-17-,21-18-,25-22-,29-26-,30-27-,32-31-,51-48-,53-50-,62-59-. The smallest absolute Gasteiger partial charge is 0.306 e. The van der Waals surface area contributed by atoms with Gasteiger partial charge < -0.3 is 14.2 Å². The first-order valence-electron chi connectivity index (χ1n) is 34.7. The van der Waals surface area contributed by atoms with Crippen molar-refractivity contribution in [3.05, 3.63) is 134 Å². The van der Waals surface area contributed by atoms with Crippen LogP contribution in [0, 0.1) is 0 Å². The summed E-state index contributed by atoms with van der Waals surface area (Å²) in [6.07, 6.45) is 99.2. The van der Waals surface area contributed by atoms with E-state index in [9.17, 15) is 14.4 Å². The molecule has 0 rings (SSSR count). The Morgan fingerprint density at radius 1 is 0.253 bits per heavy atom. The van der Waals surface area contributed by atoms with Gasteiger partial charge in [-0.15, -0.1) is 0 Å². The van der Waals surface area contributed by atoms with Gasteiger partial charge in [-0.3, -0.25) is 14.4 Å². The summed E-state index contributed by atoms with van der Waals surface area (Å²) in [4.78, 5) is 38.4. The molecule has 0 bridgehead atoms. The number of hydrogen-bond donors (Lipinski definition) is 0. The van der Waals surface area contributed by atoms with E-state index < -0.39 is 6.10 Å². The van der Waals surface area contributed by atoms with Crippen molar-refractivity contribution in [2.75, 3.05) is 13.2 Å². The Morgan fingerprint density at radius 2 is 0.482 bits per heavy atom. The van der Waals surface area contributed by atoms with Crippen LogP contribution in [0.4, 0.5) is 0 Å². The average molecular weight is 1150 g/mol. The van der Waals surface area contributed by atoms with Crippen LogP contribution in [0.3, 0.4) is 0 Å². The zero-order valence-electron chi connectivity index (χ0n) is 54.2. The fourth-order valence-electron chi connectivity index (χ4n) is 9.50. The Labute approximate surface area is 513 Å². The van der Waals surface area contributed by atoms with Crippen molar-refractivity contribution in [3.8, 4) is 0 Å². The van der Waals surface area contributed by atoms with Crippen LogP contribution in [0.15, 0.2) is 134 Å². The van der Waals surface area contributed by atoms with Crippen molar-refractivity contribution < 1.29 is 28.6 Å². The minimum absolute atomic E-state index is 0.110. The van der Waals surface area contributed by atoms with E-state index in [-0.39, 0.29) is 37.5 Å². The molecule has 0 aromatic heterocycles. The molecule has 6 heteroatoms. The molecule has 0 aromatic rings. The maximum Gasteiger partial charge on any atom is 0.306 e. The van der Waals surface area contributed by atoms with E-state index in [0.717, 1.165) is 122 Å². The summed E-state index contributed by atoms with van der Waals surface area (Å²) in [6, 6.07) is 0. The van der Waals surface area contributed by atoms with Crippen molar-refractivity contribution in [3.63, 3.8) is 0 Å². The van der Waals surface area contributed by atoms with Crippen LogP contribution in [0.2, 0.25) is 0 Å². The fourth-order valence-corrected chi connectivity index (χ4v) is 9.50. The molecule has 0 N–H and O–H groups in total. The molecule has 472 valence electrons. The maximum absolute atomic E-state index is 12.9. The lowest BCUT2D eigenvalue weighted by atomic mass is 10.0. The summed E-state index contributed by atoms with van der Waals surface area (Å²) >= 11 is 0. The second-order valence-corrected chi connectivity index (χ2v) is 22.7. The van der Waals surface area contributed by atoms with Gasteiger partial charge >= 0.3 is 17.9 Å². The highest BCUT2D eigenvalue weighted by molar-refractivity contribution is 5.71. The highest BCUT2D eigenvalue weighted by Gasteiger charge is 2.19. The van der Waals surface area contributed by atoms with Crippen LogP contribution < -0.4 is 0 Å². The molecule has 0 saturated carbocycles. The third kappa shape index (κ3) is 68.2. The molecule has 0 aliphatic heterocycles. The van der Waals surface area contributed by atoms with Gasteiger partial charge in [0.2, 0.25) is 0 Å². The molecule has 0 aliphatic carbocycles. The number of allylic oxidation sites excluding steroid dienone is 22. The van der Waals surface area contributed by atoms with Crippen LogP contribution >= 0.6 is 0 Å². The van der Waals surface area contributed by atoms with Gasteiger partial charge in [0.05, 0.1) is 0 Å². The van der Waals surface area contributed by atoms with Crippen LogP contribution in [-0.4, -0.2) is 37.2 Å². The quantitative estimate of drug-likeness (QED) is 0.0261. The summed E-state index contributed by atoms with van der Waals surface area (Å²) < 4.78 is 16.9. The summed E-state index contributed by atoms with van der Waals surface area (Å²) in [5.74, 6) is -0.988. The molecule has 6 nitrogen and oxygen atoms in total. The van der Waals surface area contributed by atoms with E-state index in [1.807, 2.05) is 0 Å². The Hall–Kier alpha value is -4.45. The minimum atomic E-state index is -0.823. The van der Waals surface area contributed by atoms with Crippen molar-refractivity contribution in [1.29, 1.82) is 0 Å². The van der Waals surface area contributed by atoms with Gasteiger partial charge in [0, 0.05) is 19.3 Å². The zero-order chi connectivity index (χ0) is 59.9. The molecule has 0 aliphatic rings. The van der Waals surface area contributed by atoms with Gasteiger partial charge in [-0.25, -0.2) is 0 Å². The van der Waals surface area contributed by atoms with Gasteiger partial charge in [0.1, 0.15) is 13.2 Å². The Balaban J connectivity index is 4.32. The molecule has 0 radical (unpaired) electrons. The lowest BCUT2D eigenvalue weighted by molar-refractivity contribution is -0.167. The number of rotatable bonds is 62. The van der Waals surface area contributed by atoms with Crippen molar-refractivity contribution >= 4 is 17.9 Å². The summed E-state index contributed by atoms with van der Waals surface area (Å²) in [5, 5.41) is 0. The normalized spacial score (nSPS) is 13.0. The predicted octanol–water partition coefficient (Wildman–Crippen LogP) is 24.1. The highest BCUT2D eigenvalue weighted by Crippen LogP contribution is 2.17. The minimum Gasteiger partial charge on any atom is -0.462 e. The molecule has 0 aromatic carbocycles. The molecular weight excluding hydrogens is 1020 g/mol. The Morgan fingerprint density at radius 3 is 0.771 bits per heavy atom. The lowest BCUT2D eigenvalue weighted by Crippen LogP contribution is -2.30. The summed E-state index contributed by atoms with van der Waals surface area (Å²) in [7, 11) is 0. The van der Waals surface area contributed by atoms with Gasteiger partial charge in [0.25, 0.3) is 0 Å². The van der Waals surface area contributed by atoms with Gasteiger partial charge in [0.15, 0.2) is 6.10 Å². The number of carbonyl (C=O) groups excluding carboxylic acids is 3. The van der Waals surface area contributed by atoms with E-state index >= 15 is 0 Å². The van der Waals surface area contributed by atoms with E-state index in [0.29, 0.717) is 19.3 Å². The van der Waals surface area contributed by atoms with E-state index in [1.165, 1.54) is 148 Å². The van der Waals surface area contributed by atoms with Crippen LogP contribution in [0.5, 0.6) is 0 Å². The topological polar surface area (TPSA) is 78.9 Å². The SMILES string of the molecule is CC/C=C\C/C=C\C/C=C\C/C=C\C/C=C\CCCC(=O)OC(COC(=O)CCCCCC/C=C\C/C=C\C/C=C\C/C=C\CC)COC(=O)CCCCCCCCCCCCCCCCCCCCC/C=C\C/C=C\CCCCCCC. The average Bonchev–Trinajstić information content (AvgIpc) is 3.50. The van der Waals surface area contributed by atoms with E-state index in [4.69, 9.17) is 14.2 Å². The number of esters is 3. The first-order chi connectivity index (χ1) is 41.0. The van der Waals surface area contributed by atoms with Gasteiger partial charge in [-0.05, 0) is 128 Å². The highest BCUT2D eigenvalue weighted by atomic mass is 16.6. The number of unbranched alkanes of at least 4 members (excludes halogenated alkanes) is 29. The monoisotopic (exact) mass is 1150 g/mol. The molecule has 1 unspecified atom stereocenters. The molecule has 0 fully saturated rings. The first kappa shape index (κ1) is 78.5. The van der Waals surface area contributed by atoms with Crippen LogP contribution in [-0.2, 0) is 28.6 Å². The maximum atomic E-state index is 12.9. The predicted molar refractivity (Wildman–Crippen MR) is 362 cm³/mol. The van der Waals surface area contributed by atoms with Gasteiger partial charge in [-0.1, -0.05) is 302 Å². The number of carbonyl (C=O) groups is 3. The van der Waals surface area contributed by atoms with Crippen molar-refractivity contribution in [1.82, 2.24) is 0 Å². The second kappa shape index (κ2) is 70.0. The fraction of sp³-hybridized carbons (Fsp3) is 0.675.